The predicted molar refractivity (Wildman–Crippen MR) is 118 cm³/mol. The Balaban J connectivity index is 1.80. The number of nitrogens with one attached hydrogen (secondary N) is 2. The van der Waals surface area contributed by atoms with Gasteiger partial charge in [-0.3, -0.25) is 4.72 Å². The van der Waals surface area contributed by atoms with Gasteiger partial charge in [0.2, 0.25) is 0 Å². The molecule has 0 spiro atoms. The minimum absolute atomic E-state index is 0.0983. The molecule has 0 aliphatic rings. The molecule has 0 unspecified atom stereocenters. The van der Waals surface area contributed by atoms with E-state index in [1.54, 1.807) is 31.4 Å². The van der Waals surface area contributed by atoms with Crippen LogP contribution in [0.15, 0.2) is 77.7 Å². The Hall–Kier alpha value is -3.65. The number of rotatable bonds is 6. The van der Waals surface area contributed by atoms with Gasteiger partial charge in [-0.2, -0.15) is 0 Å². The maximum atomic E-state index is 13.0. The molecular formula is C22H20N4O3S. The summed E-state index contributed by atoms with van der Waals surface area (Å²) in [5, 5.41) is 3.14. The summed E-state index contributed by atoms with van der Waals surface area (Å²) in [6.07, 6.45) is 0. The molecule has 1 heterocycles. The molecule has 4 aromatic rings. The zero-order chi connectivity index (χ0) is 21.1. The molecule has 152 valence electrons. The lowest BCUT2D eigenvalue weighted by Crippen LogP contribution is -2.16. The summed E-state index contributed by atoms with van der Waals surface area (Å²) in [4.78, 5) is 9.24. The van der Waals surface area contributed by atoms with Crippen LogP contribution in [-0.2, 0) is 10.0 Å². The third-order valence-electron chi connectivity index (χ3n) is 4.46. The van der Waals surface area contributed by atoms with E-state index in [-0.39, 0.29) is 16.5 Å². The normalized spacial score (nSPS) is 11.3. The zero-order valence-corrected chi connectivity index (χ0v) is 17.3. The van der Waals surface area contributed by atoms with Crippen LogP contribution in [0.1, 0.15) is 5.56 Å². The van der Waals surface area contributed by atoms with Crippen molar-refractivity contribution in [2.45, 2.75) is 11.8 Å². The van der Waals surface area contributed by atoms with E-state index in [0.717, 1.165) is 5.56 Å². The first kappa shape index (κ1) is 19.7. The molecule has 0 atom stereocenters. The van der Waals surface area contributed by atoms with Crippen LogP contribution in [-0.4, -0.2) is 25.5 Å². The van der Waals surface area contributed by atoms with Crippen molar-refractivity contribution in [3.8, 4) is 5.75 Å². The highest BCUT2D eigenvalue weighted by atomic mass is 32.2. The van der Waals surface area contributed by atoms with Gasteiger partial charge >= 0.3 is 0 Å². The van der Waals surface area contributed by atoms with E-state index in [4.69, 9.17) is 4.74 Å². The van der Waals surface area contributed by atoms with Crippen molar-refractivity contribution in [3.05, 3.63) is 78.4 Å². The topological polar surface area (TPSA) is 93.2 Å². The SMILES string of the molecule is COc1ccccc1Nc1nc2ccccc2nc1NS(=O)(=O)c1cccc(C)c1. The minimum Gasteiger partial charge on any atom is -0.495 e. The first-order chi connectivity index (χ1) is 14.5. The van der Waals surface area contributed by atoms with Crippen LogP contribution in [0, 0.1) is 6.92 Å². The van der Waals surface area contributed by atoms with Crippen molar-refractivity contribution in [1.29, 1.82) is 0 Å². The number of aromatic nitrogens is 2. The molecule has 1 aromatic heterocycles. The maximum Gasteiger partial charge on any atom is 0.263 e. The van der Waals surface area contributed by atoms with E-state index in [2.05, 4.69) is 20.0 Å². The molecule has 3 aromatic carbocycles. The van der Waals surface area contributed by atoms with Crippen molar-refractivity contribution in [1.82, 2.24) is 9.97 Å². The molecule has 30 heavy (non-hydrogen) atoms. The monoisotopic (exact) mass is 420 g/mol. The molecule has 0 radical (unpaired) electrons. The summed E-state index contributed by atoms with van der Waals surface area (Å²) >= 11 is 0. The van der Waals surface area contributed by atoms with Gasteiger partial charge in [0.05, 0.1) is 28.7 Å². The van der Waals surface area contributed by atoms with Gasteiger partial charge < -0.3 is 10.1 Å². The van der Waals surface area contributed by atoms with Crippen molar-refractivity contribution in [2.75, 3.05) is 17.1 Å². The average molecular weight is 420 g/mol. The first-order valence-electron chi connectivity index (χ1n) is 9.22. The van der Waals surface area contributed by atoms with E-state index in [9.17, 15) is 8.42 Å². The van der Waals surface area contributed by atoms with Gasteiger partial charge in [0.15, 0.2) is 11.6 Å². The highest BCUT2D eigenvalue weighted by Gasteiger charge is 2.19. The third-order valence-corrected chi connectivity index (χ3v) is 5.80. The van der Waals surface area contributed by atoms with Gasteiger partial charge in [-0.25, -0.2) is 18.4 Å². The molecule has 0 amide bonds. The summed E-state index contributed by atoms with van der Waals surface area (Å²) in [5.74, 6) is 0.968. The number of para-hydroxylation sites is 4. The molecule has 7 nitrogen and oxygen atoms in total. The van der Waals surface area contributed by atoms with Gasteiger partial charge in [-0.15, -0.1) is 0 Å². The van der Waals surface area contributed by atoms with E-state index in [1.807, 2.05) is 49.4 Å². The fourth-order valence-electron chi connectivity index (χ4n) is 3.00. The molecule has 0 bridgehead atoms. The van der Waals surface area contributed by atoms with Crippen LogP contribution in [0.25, 0.3) is 11.0 Å². The molecule has 0 saturated heterocycles. The van der Waals surface area contributed by atoms with Gasteiger partial charge in [-0.1, -0.05) is 36.4 Å². The van der Waals surface area contributed by atoms with Gasteiger partial charge in [-0.05, 0) is 48.9 Å². The Bertz CT molecular complexity index is 1320. The summed E-state index contributed by atoms with van der Waals surface area (Å²) in [7, 11) is -2.30. The summed E-state index contributed by atoms with van der Waals surface area (Å²) in [5.41, 5.74) is 2.69. The highest BCUT2D eigenvalue weighted by molar-refractivity contribution is 7.92. The number of hydrogen-bond acceptors (Lipinski definition) is 6. The average Bonchev–Trinajstić information content (AvgIpc) is 2.74. The molecule has 0 saturated carbocycles. The molecule has 8 heteroatoms. The molecule has 4 rings (SSSR count). The predicted octanol–water partition coefficient (Wildman–Crippen LogP) is 4.49. The third kappa shape index (κ3) is 4.04. The number of anilines is 3. The van der Waals surface area contributed by atoms with Crippen molar-refractivity contribution in [3.63, 3.8) is 0 Å². The largest absolute Gasteiger partial charge is 0.495 e. The molecule has 0 fully saturated rings. The second-order valence-corrected chi connectivity index (χ2v) is 8.34. The number of methoxy groups -OCH3 is 1. The van der Waals surface area contributed by atoms with Gasteiger partial charge in [0.25, 0.3) is 10.0 Å². The first-order valence-corrected chi connectivity index (χ1v) is 10.7. The lowest BCUT2D eigenvalue weighted by atomic mass is 10.2. The Morgan fingerprint density at radius 3 is 2.20 bits per heavy atom. The van der Waals surface area contributed by atoms with Crippen LogP contribution in [0.3, 0.4) is 0 Å². The van der Waals surface area contributed by atoms with Gasteiger partial charge in [0, 0.05) is 0 Å². The summed E-state index contributed by atoms with van der Waals surface area (Å²) in [6.45, 7) is 1.84. The Morgan fingerprint density at radius 2 is 1.50 bits per heavy atom. The van der Waals surface area contributed by atoms with Crippen molar-refractivity contribution < 1.29 is 13.2 Å². The molecule has 2 N–H and O–H groups in total. The smallest absolute Gasteiger partial charge is 0.263 e. The lowest BCUT2D eigenvalue weighted by molar-refractivity contribution is 0.417. The van der Waals surface area contributed by atoms with E-state index >= 15 is 0 Å². The Labute approximate surface area is 174 Å². The van der Waals surface area contributed by atoms with Crippen LogP contribution in [0.5, 0.6) is 5.75 Å². The molecule has 0 aliphatic heterocycles. The number of hydrogen-bond donors (Lipinski definition) is 2. The van der Waals surface area contributed by atoms with Crippen LogP contribution in [0.4, 0.5) is 17.3 Å². The molecular weight excluding hydrogens is 400 g/mol. The number of nitrogens with zero attached hydrogens (tertiary/aromatic N) is 2. The fourth-order valence-corrected chi connectivity index (χ4v) is 4.12. The lowest BCUT2D eigenvalue weighted by Gasteiger charge is -2.15. The van der Waals surface area contributed by atoms with E-state index in [0.29, 0.717) is 22.5 Å². The number of benzene rings is 3. The summed E-state index contributed by atoms with van der Waals surface area (Å²) in [6, 6.07) is 21.2. The van der Waals surface area contributed by atoms with Crippen molar-refractivity contribution in [2.24, 2.45) is 0 Å². The quantitative estimate of drug-likeness (QED) is 0.477. The standard InChI is InChI=1S/C22H20N4O3S/c1-15-8-7-9-16(14-15)30(27,28)26-22-21(23-17-10-3-4-11-18(17)24-22)25-19-12-5-6-13-20(19)29-2/h3-14H,1-2H3,(H,23,25)(H,24,26). The Morgan fingerprint density at radius 1 is 0.833 bits per heavy atom. The number of ether oxygens (including phenoxy) is 1. The summed E-state index contributed by atoms with van der Waals surface area (Å²) < 4.78 is 33.9. The van der Waals surface area contributed by atoms with E-state index < -0.39 is 10.0 Å². The zero-order valence-electron chi connectivity index (χ0n) is 16.5. The van der Waals surface area contributed by atoms with Crippen LogP contribution in [0.2, 0.25) is 0 Å². The van der Waals surface area contributed by atoms with Gasteiger partial charge in [0.1, 0.15) is 5.75 Å². The molecule has 0 aliphatic carbocycles. The Kier molecular flexibility index (Phi) is 5.24. The van der Waals surface area contributed by atoms with Crippen LogP contribution < -0.4 is 14.8 Å². The minimum atomic E-state index is -3.86. The van der Waals surface area contributed by atoms with Crippen molar-refractivity contribution >= 4 is 38.4 Å². The highest BCUT2D eigenvalue weighted by Crippen LogP contribution is 2.31. The number of fused-ring (bicyclic) bond motifs is 1. The van der Waals surface area contributed by atoms with E-state index in [1.165, 1.54) is 6.07 Å². The number of sulfonamides is 1. The second-order valence-electron chi connectivity index (χ2n) is 6.66. The second kappa shape index (κ2) is 8.00. The number of aryl methyl sites for hydroxylation is 1. The van der Waals surface area contributed by atoms with Crippen LogP contribution >= 0.6 is 0 Å². The fraction of sp³-hybridized carbons (Fsp3) is 0.0909. The maximum absolute atomic E-state index is 13.0.